The van der Waals surface area contributed by atoms with Crippen molar-refractivity contribution in [1.29, 1.82) is 0 Å². The van der Waals surface area contributed by atoms with E-state index < -0.39 is 0 Å². The fraction of sp³-hybridized carbons (Fsp3) is 0. The summed E-state index contributed by atoms with van der Waals surface area (Å²) in [5, 5.41) is 8.41. The SMILES string of the molecule is c1ccc(-c2ccc3c4cc5ccccc5cc4n(-c4nc(-c5ccccc5)c5cc(-c6ccc7c(c6)sc6ccccc67)ccc5n4)c3c2)cc1. The van der Waals surface area contributed by atoms with Crippen molar-refractivity contribution < 1.29 is 0 Å². The summed E-state index contributed by atoms with van der Waals surface area (Å²) >= 11 is 1.85. The molecular weight excluding hydrogens is 651 g/mol. The van der Waals surface area contributed by atoms with E-state index in [9.17, 15) is 0 Å². The Kier molecular flexibility index (Phi) is 6.42. The van der Waals surface area contributed by atoms with Gasteiger partial charge >= 0.3 is 0 Å². The predicted molar refractivity (Wildman–Crippen MR) is 221 cm³/mol. The van der Waals surface area contributed by atoms with Crippen LogP contribution in [0, 0.1) is 0 Å². The molecule has 242 valence electrons. The second kappa shape index (κ2) is 11.5. The molecule has 3 heterocycles. The number of hydrogen-bond acceptors (Lipinski definition) is 3. The van der Waals surface area contributed by atoms with Crippen molar-refractivity contribution in [3.8, 4) is 39.5 Å². The fourth-order valence-corrected chi connectivity index (χ4v) is 8.99. The van der Waals surface area contributed by atoms with Gasteiger partial charge in [-0.05, 0) is 75.5 Å². The van der Waals surface area contributed by atoms with Gasteiger partial charge in [-0.3, -0.25) is 4.57 Å². The van der Waals surface area contributed by atoms with E-state index in [4.69, 9.17) is 9.97 Å². The molecular formula is C48H29N3S. The van der Waals surface area contributed by atoms with Crippen LogP contribution in [0.2, 0.25) is 0 Å². The third-order valence-corrected chi connectivity index (χ3v) is 11.5. The third-order valence-electron chi connectivity index (χ3n) is 10.4. The zero-order valence-corrected chi connectivity index (χ0v) is 28.8. The van der Waals surface area contributed by atoms with Gasteiger partial charge in [-0.1, -0.05) is 133 Å². The molecule has 0 saturated carbocycles. The Balaban J connectivity index is 1.17. The minimum absolute atomic E-state index is 0.659. The number of hydrogen-bond donors (Lipinski definition) is 0. The highest BCUT2D eigenvalue weighted by Crippen LogP contribution is 2.40. The molecule has 11 rings (SSSR count). The summed E-state index contributed by atoms with van der Waals surface area (Å²) < 4.78 is 4.87. The smallest absolute Gasteiger partial charge is 0.235 e. The average molecular weight is 680 g/mol. The number of thiophene rings is 1. The van der Waals surface area contributed by atoms with E-state index in [2.05, 4.69) is 180 Å². The largest absolute Gasteiger partial charge is 0.278 e. The summed E-state index contributed by atoms with van der Waals surface area (Å²) in [7, 11) is 0. The van der Waals surface area contributed by atoms with Crippen molar-refractivity contribution in [2.24, 2.45) is 0 Å². The molecule has 0 bridgehead atoms. The Morgan fingerprint density at radius 1 is 0.365 bits per heavy atom. The van der Waals surface area contributed by atoms with Gasteiger partial charge in [0.2, 0.25) is 5.95 Å². The monoisotopic (exact) mass is 679 g/mol. The first-order valence-corrected chi connectivity index (χ1v) is 18.4. The molecule has 0 N–H and O–H groups in total. The lowest BCUT2D eigenvalue weighted by atomic mass is 9.99. The molecule has 11 aromatic rings. The van der Waals surface area contributed by atoms with Crippen molar-refractivity contribution >= 4 is 75.0 Å². The first-order chi connectivity index (χ1) is 25.7. The van der Waals surface area contributed by atoms with E-state index in [-0.39, 0.29) is 0 Å². The highest BCUT2D eigenvalue weighted by atomic mass is 32.1. The van der Waals surface area contributed by atoms with Crippen molar-refractivity contribution in [1.82, 2.24) is 14.5 Å². The van der Waals surface area contributed by atoms with E-state index in [0.29, 0.717) is 5.95 Å². The van der Waals surface area contributed by atoms with Gasteiger partial charge in [-0.25, -0.2) is 9.97 Å². The molecule has 0 aliphatic heterocycles. The van der Waals surface area contributed by atoms with Crippen LogP contribution in [0.25, 0.3) is 103 Å². The predicted octanol–water partition coefficient (Wildman–Crippen LogP) is 13.2. The molecule has 0 amide bonds. The van der Waals surface area contributed by atoms with Gasteiger partial charge in [0.05, 0.1) is 22.2 Å². The molecule has 0 aliphatic rings. The minimum atomic E-state index is 0.659. The Morgan fingerprint density at radius 3 is 1.81 bits per heavy atom. The maximum Gasteiger partial charge on any atom is 0.235 e. The summed E-state index contributed by atoms with van der Waals surface area (Å²) in [6.45, 7) is 0. The highest BCUT2D eigenvalue weighted by Gasteiger charge is 2.19. The van der Waals surface area contributed by atoms with Gasteiger partial charge < -0.3 is 0 Å². The molecule has 3 aromatic heterocycles. The number of aromatic nitrogens is 3. The van der Waals surface area contributed by atoms with Gasteiger partial charge in [0.15, 0.2) is 0 Å². The van der Waals surface area contributed by atoms with Crippen molar-refractivity contribution in [2.75, 3.05) is 0 Å². The number of nitrogens with zero attached hydrogens (tertiary/aromatic N) is 3. The summed E-state index contributed by atoms with van der Waals surface area (Å²) in [6, 6.07) is 63.2. The topological polar surface area (TPSA) is 30.7 Å². The maximum atomic E-state index is 5.46. The summed E-state index contributed by atoms with van der Waals surface area (Å²) in [4.78, 5) is 10.8. The van der Waals surface area contributed by atoms with Crippen LogP contribution in [0.3, 0.4) is 0 Å². The maximum absolute atomic E-state index is 5.46. The number of benzene rings is 8. The van der Waals surface area contributed by atoms with Crippen LogP contribution >= 0.6 is 11.3 Å². The van der Waals surface area contributed by atoms with E-state index in [0.717, 1.165) is 44.3 Å². The third kappa shape index (κ3) is 4.58. The van der Waals surface area contributed by atoms with Crippen molar-refractivity contribution in [2.45, 2.75) is 0 Å². The van der Waals surface area contributed by atoms with Crippen LogP contribution in [0.4, 0.5) is 0 Å². The number of rotatable bonds is 4. The second-order valence-electron chi connectivity index (χ2n) is 13.4. The highest BCUT2D eigenvalue weighted by molar-refractivity contribution is 7.25. The van der Waals surface area contributed by atoms with Crippen LogP contribution in [0.15, 0.2) is 176 Å². The summed E-state index contributed by atoms with van der Waals surface area (Å²) in [5.74, 6) is 0.659. The van der Waals surface area contributed by atoms with Crippen LogP contribution in [-0.2, 0) is 0 Å². The van der Waals surface area contributed by atoms with Crippen LogP contribution < -0.4 is 0 Å². The molecule has 0 unspecified atom stereocenters. The lowest BCUT2D eigenvalue weighted by Gasteiger charge is -2.13. The lowest BCUT2D eigenvalue weighted by Crippen LogP contribution is -2.03. The fourth-order valence-electron chi connectivity index (χ4n) is 7.85. The van der Waals surface area contributed by atoms with Gasteiger partial charge in [0.25, 0.3) is 0 Å². The summed E-state index contributed by atoms with van der Waals surface area (Å²) in [6.07, 6.45) is 0. The Labute approximate surface area is 303 Å². The first kappa shape index (κ1) is 29.1. The van der Waals surface area contributed by atoms with Gasteiger partial charge in [0, 0.05) is 41.9 Å². The van der Waals surface area contributed by atoms with Crippen molar-refractivity contribution in [3.05, 3.63) is 176 Å². The first-order valence-electron chi connectivity index (χ1n) is 17.6. The second-order valence-corrected chi connectivity index (χ2v) is 14.5. The van der Waals surface area contributed by atoms with Gasteiger partial charge in [-0.15, -0.1) is 11.3 Å². The Bertz CT molecular complexity index is 3180. The van der Waals surface area contributed by atoms with Crippen molar-refractivity contribution in [3.63, 3.8) is 0 Å². The van der Waals surface area contributed by atoms with Crippen LogP contribution in [0.5, 0.6) is 0 Å². The van der Waals surface area contributed by atoms with E-state index in [1.807, 2.05) is 11.3 Å². The van der Waals surface area contributed by atoms with Gasteiger partial charge in [-0.2, -0.15) is 0 Å². The molecule has 0 aliphatic carbocycles. The lowest BCUT2D eigenvalue weighted by molar-refractivity contribution is 1.01. The molecule has 3 nitrogen and oxygen atoms in total. The molecule has 0 saturated heterocycles. The van der Waals surface area contributed by atoms with Crippen LogP contribution in [0.1, 0.15) is 0 Å². The van der Waals surface area contributed by atoms with E-state index >= 15 is 0 Å². The molecule has 52 heavy (non-hydrogen) atoms. The Hall–Kier alpha value is -6.62. The van der Waals surface area contributed by atoms with E-state index in [1.54, 1.807) is 0 Å². The molecule has 0 radical (unpaired) electrons. The molecule has 0 fully saturated rings. The summed E-state index contributed by atoms with van der Waals surface area (Å²) in [5.41, 5.74) is 9.73. The minimum Gasteiger partial charge on any atom is -0.278 e. The molecule has 0 atom stereocenters. The van der Waals surface area contributed by atoms with E-state index in [1.165, 1.54) is 52.8 Å². The molecule has 4 heteroatoms. The van der Waals surface area contributed by atoms with Gasteiger partial charge in [0.1, 0.15) is 0 Å². The quantitative estimate of drug-likeness (QED) is 0.185. The molecule has 0 spiro atoms. The van der Waals surface area contributed by atoms with Crippen LogP contribution in [-0.4, -0.2) is 14.5 Å². The number of fused-ring (bicyclic) bond motifs is 8. The Morgan fingerprint density at radius 2 is 0.981 bits per heavy atom. The zero-order valence-electron chi connectivity index (χ0n) is 28.0. The normalized spacial score (nSPS) is 11.8. The average Bonchev–Trinajstić information content (AvgIpc) is 3.74. The standard InChI is InChI=1S/C48H29N3S/c1-3-11-30(12-4-1)35-19-22-37-40-25-32-15-7-8-16-33(32)27-44(40)51(43(37)28-35)48-49-42-24-21-34(26-41(42)47(50-48)31-13-5-2-6-14-31)36-20-23-39-38-17-9-10-18-45(38)52-46(39)29-36/h1-29H. The zero-order chi connectivity index (χ0) is 34.2. The molecule has 8 aromatic carbocycles.